The van der Waals surface area contributed by atoms with Crippen LogP contribution in [0.2, 0.25) is 0 Å². The smallest absolute Gasteiger partial charge is 0.259 e. The molecule has 6 nitrogen and oxygen atoms in total. The van der Waals surface area contributed by atoms with Gasteiger partial charge >= 0.3 is 0 Å². The number of hydrogen-bond acceptors (Lipinski definition) is 4. The Kier molecular flexibility index (Phi) is 3.78. The van der Waals surface area contributed by atoms with Gasteiger partial charge in [-0.05, 0) is 48.4 Å². The van der Waals surface area contributed by atoms with E-state index in [0.29, 0.717) is 23.4 Å². The van der Waals surface area contributed by atoms with Gasteiger partial charge in [-0.2, -0.15) is 0 Å². The van der Waals surface area contributed by atoms with Crippen molar-refractivity contribution in [1.29, 1.82) is 0 Å². The Morgan fingerprint density at radius 2 is 2.08 bits per heavy atom. The number of fused-ring (bicyclic) bond motifs is 1. The number of amides is 2. The highest BCUT2D eigenvalue weighted by atomic mass is 16.3. The van der Waals surface area contributed by atoms with Crippen LogP contribution < -0.4 is 10.2 Å². The minimum absolute atomic E-state index is 0.0676. The molecule has 1 aliphatic rings. The van der Waals surface area contributed by atoms with E-state index >= 15 is 0 Å². The van der Waals surface area contributed by atoms with Gasteiger partial charge in [0, 0.05) is 30.3 Å². The molecule has 2 aromatic heterocycles. The van der Waals surface area contributed by atoms with Crippen molar-refractivity contribution in [2.75, 3.05) is 16.8 Å². The minimum Gasteiger partial charge on any atom is -0.472 e. The molecule has 3 aromatic rings. The Morgan fingerprint density at radius 3 is 2.84 bits per heavy atom. The van der Waals surface area contributed by atoms with E-state index in [0.717, 1.165) is 17.7 Å². The molecule has 0 radical (unpaired) electrons. The third-order valence-electron chi connectivity index (χ3n) is 4.17. The van der Waals surface area contributed by atoms with Gasteiger partial charge in [0.05, 0.1) is 17.4 Å². The zero-order valence-electron chi connectivity index (χ0n) is 13.3. The molecule has 0 unspecified atom stereocenters. The van der Waals surface area contributed by atoms with Crippen LogP contribution in [0.5, 0.6) is 0 Å². The van der Waals surface area contributed by atoms with Gasteiger partial charge in [0.25, 0.3) is 11.8 Å². The molecule has 25 heavy (non-hydrogen) atoms. The van der Waals surface area contributed by atoms with E-state index < -0.39 is 0 Å². The lowest BCUT2D eigenvalue weighted by Crippen LogP contribution is -2.28. The number of rotatable bonds is 3. The van der Waals surface area contributed by atoms with Crippen LogP contribution in [-0.2, 0) is 6.42 Å². The Hall–Kier alpha value is -3.41. The van der Waals surface area contributed by atoms with E-state index in [2.05, 4.69) is 10.3 Å². The predicted molar refractivity (Wildman–Crippen MR) is 92.7 cm³/mol. The maximum atomic E-state index is 12.6. The lowest BCUT2D eigenvalue weighted by atomic mass is 10.1. The maximum absolute atomic E-state index is 12.6. The predicted octanol–water partition coefficient (Wildman–Crippen LogP) is 3.13. The molecule has 0 atom stereocenters. The van der Waals surface area contributed by atoms with Crippen molar-refractivity contribution in [3.05, 3.63) is 78.0 Å². The van der Waals surface area contributed by atoms with Crippen LogP contribution >= 0.6 is 0 Å². The number of anilines is 2. The molecule has 0 aliphatic carbocycles. The van der Waals surface area contributed by atoms with Crippen LogP contribution in [0.1, 0.15) is 26.3 Å². The summed E-state index contributed by atoms with van der Waals surface area (Å²) in [6, 6.07) is 10.7. The molecule has 3 heterocycles. The summed E-state index contributed by atoms with van der Waals surface area (Å²) in [6.45, 7) is 0.613. The Balaban J connectivity index is 1.54. The van der Waals surface area contributed by atoms with Gasteiger partial charge in [-0.25, -0.2) is 0 Å². The summed E-state index contributed by atoms with van der Waals surface area (Å²) in [7, 11) is 0. The number of carbonyl (C=O) groups excluding carboxylic acids is 2. The second-order valence-electron chi connectivity index (χ2n) is 5.76. The van der Waals surface area contributed by atoms with Gasteiger partial charge < -0.3 is 14.6 Å². The second kappa shape index (κ2) is 6.24. The maximum Gasteiger partial charge on any atom is 0.259 e. The number of aromatic nitrogens is 1. The SMILES string of the molecule is O=C(Nc1ccc2c(c1)CCN2C(=O)c1cccnc1)c1ccoc1. The highest BCUT2D eigenvalue weighted by molar-refractivity contribution is 6.08. The summed E-state index contributed by atoms with van der Waals surface area (Å²) in [4.78, 5) is 30.5. The Morgan fingerprint density at radius 1 is 1.16 bits per heavy atom. The fraction of sp³-hybridized carbons (Fsp3) is 0.105. The molecule has 1 N–H and O–H groups in total. The minimum atomic E-state index is -0.227. The first-order chi connectivity index (χ1) is 12.2. The first-order valence-corrected chi connectivity index (χ1v) is 7.91. The lowest BCUT2D eigenvalue weighted by Gasteiger charge is -2.17. The van der Waals surface area contributed by atoms with E-state index in [9.17, 15) is 9.59 Å². The molecule has 6 heteroatoms. The van der Waals surface area contributed by atoms with Crippen molar-refractivity contribution < 1.29 is 14.0 Å². The standard InChI is InChI=1S/C19H15N3O3/c23-18(15-6-9-25-12-15)21-16-3-4-17-13(10-16)5-8-22(17)19(24)14-2-1-7-20-11-14/h1-4,6-7,9-12H,5,8H2,(H,21,23). The van der Waals surface area contributed by atoms with Crippen molar-refractivity contribution in [3.63, 3.8) is 0 Å². The van der Waals surface area contributed by atoms with Gasteiger partial charge in [0.2, 0.25) is 0 Å². The van der Waals surface area contributed by atoms with Crippen molar-refractivity contribution in [2.24, 2.45) is 0 Å². The molecule has 124 valence electrons. The van der Waals surface area contributed by atoms with E-state index in [1.165, 1.54) is 12.5 Å². The quantitative estimate of drug-likeness (QED) is 0.799. The highest BCUT2D eigenvalue weighted by Crippen LogP contribution is 2.31. The first-order valence-electron chi connectivity index (χ1n) is 7.91. The number of nitrogens with zero attached hydrogens (tertiary/aromatic N) is 2. The van der Waals surface area contributed by atoms with Crippen molar-refractivity contribution in [3.8, 4) is 0 Å². The lowest BCUT2D eigenvalue weighted by molar-refractivity contribution is 0.0987. The first kappa shape index (κ1) is 15.1. The molecule has 0 spiro atoms. The monoisotopic (exact) mass is 333 g/mol. The van der Waals surface area contributed by atoms with Gasteiger partial charge in [0.1, 0.15) is 6.26 Å². The summed E-state index contributed by atoms with van der Waals surface area (Å²) in [5, 5.41) is 2.84. The summed E-state index contributed by atoms with van der Waals surface area (Å²) in [6.07, 6.45) is 6.82. The number of pyridine rings is 1. The fourth-order valence-corrected chi connectivity index (χ4v) is 2.93. The van der Waals surface area contributed by atoms with Crippen molar-refractivity contribution in [2.45, 2.75) is 6.42 Å². The molecule has 0 saturated heterocycles. The third kappa shape index (κ3) is 2.89. The average molecular weight is 333 g/mol. The highest BCUT2D eigenvalue weighted by Gasteiger charge is 2.26. The largest absolute Gasteiger partial charge is 0.472 e. The van der Waals surface area contributed by atoms with Crippen molar-refractivity contribution >= 4 is 23.2 Å². The Labute approximate surface area is 144 Å². The number of furan rings is 1. The van der Waals surface area contributed by atoms with Crippen LogP contribution in [0.15, 0.2) is 65.7 Å². The number of benzene rings is 1. The van der Waals surface area contributed by atoms with Gasteiger partial charge in [-0.1, -0.05) is 0 Å². The van der Waals surface area contributed by atoms with Crippen LogP contribution in [-0.4, -0.2) is 23.3 Å². The molecule has 1 aromatic carbocycles. The van der Waals surface area contributed by atoms with E-state index in [1.54, 1.807) is 41.6 Å². The van der Waals surface area contributed by atoms with Gasteiger partial charge in [-0.3, -0.25) is 14.6 Å². The number of hydrogen-bond donors (Lipinski definition) is 1. The summed E-state index contributed by atoms with van der Waals surface area (Å²) < 4.78 is 4.92. The Bertz CT molecular complexity index is 920. The van der Waals surface area contributed by atoms with Crippen LogP contribution in [0.4, 0.5) is 11.4 Å². The second-order valence-corrected chi connectivity index (χ2v) is 5.76. The summed E-state index contributed by atoms with van der Waals surface area (Å²) >= 11 is 0. The summed E-state index contributed by atoms with van der Waals surface area (Å²) in [5.41, 5.74) is 3.62. The number of carbonyl (C=O) groups is 2. The third-order valence-corrected chi connectivity index (χ3v) is 4.17. The normalized spacial score (nSPS) is 12.7. The zero-order valence-corrected chi connectivity index (χ0v) is 13.3. The summed E-state index contributed by atoms with van der Waals surface area (Å²) in [5.74, 6) is -0.294. The molecule has 4 rings (SSSR count). The molecule has 0 bridgehead atoms. The zero-order chi connectivity index (χ0) is 17.2. The van der Waals surface area contributed by atoms with E-state index in [-0.39, 0.29) is 11.8 Å². The fourth-order valence-electron chi connectivity index (χ4n) is 2.93. The van der Waals surface area contributed by atoms with Crippen molar-refractivity contribution in [1.82, 2.24) is 4.98 Å². The van der Waals surface area contributed by atoms with Crippen LogP contribution in [0.25, 0.3) is 0 Å². The van der Waals surface area contributed by atoms with Gasteiger partial charge in [-0.15, -0.1) is 0 Å². The van der Waals surface area contributed by atoms with Crippen LogP contribution in [0.3, 0.4) is 0 Å². The number of nitrogens with one attached hydrogen (secondary N) is 1. The molecule has 0 saturated carbocycles. The van der Waals surface area contributed by atoms with Gasteiger partial charge in [0.15, 0.2) is 0 Å². The van der Waals surface area contributed by atoms with Crippen LogP contribution in [0, 0.1) is 0 Å². The molecule has 1 aliphatic heterocycles. The van der Waals surface area contributed by atoms with E-state index in [4.69, 9.17) is 4.42 Å². The molecule has 2 amide bonds. The molecular weight excluding hydrogens is 318 g/mol. The topological polar surface area (TPSA) is 75.4 Å². The molecular formula is C19H15N3O3. The van der Waals surface area contributed by atoms with E-state index in [1.807, 2.05) is 12.1 Å². The molecule has 0 fully saturated rings. The average Bonchev–Trinajstić information content (AvgIpc) is 3.31.